The van der Waals surface area contributed by atoms with E-state index in [4.69, 9.17) is 0 Å². The van der Waals surface area contributed by atoms with E-state index in [0.29, 0.717) is 23.1 Å². The Morgan fingerprint density at radius 1 is 1.15 bits per heavy atom. The van der Waals surface area contributed by atoms with Crippen LogP contribution in [-0.2, 0) is 11.3 Å². The van der Waals surface area contributed by atoms with E-state index in [2.05, 4.69) is 48.6 Å². The molecule has 0 spiro atoms. The van der Waals surface area contributed by atoms with E-state index in [1.54, 1.807) is 18.2 Å². The highest BCUT2D eigenvalue weighted by molar-refractivity contribution is 14.1. The number of aliphatic hydroxyl groups is 1. The fourth-order valence-corrected chi connectivity index (χ4v) is 2.98. The molecule has 3 aromatic rings. The van der Waals surface area contributed by atoms with Gasteiger partial charge in [-0.3, -0.25) is 9.59 Å². The molecule has 0 saturated carbocycles. The molecule has 2 aromatic carbocycles. The fourth-order valence-electron chi connectivity index (χ4n) is 2.38. The van der Waals surface area contributed by atoms with Gasteiger partial charge in [-0.2, -0.15) is 15.4 Å². The summed E-state index contributed by atoms with van der Waals surface area (Å²) in [5.41, 5.74) is 2.44. The van der Waals surface area contributed by atoms with Gasteiger partial charge in [-0.05, 0) is 58.5 Å². The Kier molecular flexibility index (Phi) is 5.78. The number of nitrogens with zero attached hydrogens (tertiary/aromatic N) is 2. The van der Waals surface area contributed by atoms with Crippen LogP contribution in [-0.4, -0.2) is 45.0 Å². The van der Waals surface area contributed by atoms with Crippen molar-refractivity contribution >= 4 is 45.4 Å². The first kappa shape index (κ1) is 18.3. The summed E-state index contributed by atoms with van der Waals surface area (Å²) in [4.78, 5) is 24.6. The summed E-state index contributed by atoms with van der Waals surface area (Å²) in [6, 6.07) is 11.4. The molecule has 9 heteroatoms. The molecule has 0 aliphatic heterocycles. The van der Waals surface area contributed by atoms with Gasteiger partial charge >= 0.3 is 0 Å². The first-order chi connectivity index (χ1) is 12.6. The van der Waals surface area contributed by atoms with Crippen molar-refractivity contribution in [3.8, 4) is 0 Å². The van der Waals surface area contributed by atoms with Crippen LogP contribution in [0.15, 0.2) is 42.5 Å². The van der Waals surface area contributed by atoms with Crippen LogP contribution in [0.5, 0.6) is 0 Å². The quantitative estimate of drug-likeness (QED) is 0.405. The van der Waals surface area contributed by atoms with Crippen molar-refractivity contribution in [1.82, 2.24) is 26.0 Å². The summed E-state index contributed by atoms with van der Waals surface area (Å²) in [6.45, 7) is -0.191. The summed E-state index contributed by atoms with van der Waals surface area (Å²) in [6.07, 6.45) is 0. The number of rotatable bonds is 6. The van der Waals surface area contributed by atoms with Crippen molar-refractivity contribution in [3.63, 3.8) is 0 Å². The number of carbonyl (C=O) groups excluding carboxylic acids is 2. The zero-order valence-electron chi connectivity index (χ0n) is 13.6. The van der Waals surface area contributed by atoms with E-state index in [0.717, 1.165) is 9.13 Å². The number of fused-ring (bicyclic) bond motifs is 1. The lowest BCUT2D eigenvalue weighted by molar-refractivity contribution is -0.124. The highest BCUT2D eigenvalue weighted by Crippen LogP contribution is 2.11. The Balaban J connectivity index is 1.62. The zero-order valence-corrected chi connectivity index (χ0v) is 15.7. The van der Waals surface area contributed by atoms with E-state index in [-0.39, 0.29) is 0 Å². The minimum absolute atomic E-state index is 0.312. The molecule has 1 unspecified atom stereocenters. The minimum Gasteiger partial charge on any atom is -0.394 e. The third-order valence-corrected chi connectivity index (χ3v) is 4.41. The molecule has 0 radical (unpaired) electrons. The smallest absolute Gasteiger partial charge is 0.252 e. The first-order valence-corrected chi connectivity index (χ1v) is 8.89. The summed E-state index contributed by atoms with van der Waals surface area (Å²) in [7, 11) is 0. The summed E-state index contributed by atoms with van der Waals surface area (Å²) >= 11 is 2.19. The molecule has 0 aliphatic carbocycles. The average molecular weight is 465 g/mol. The molecule has 8 nitrogen and oxygen atoms in total. The fraction of sp³-hybridized carbons (Fsp3) is 0.176. The lowest BCUT2D eigenvalue weighted by atomic mass is 10.1. The number of H-pyrrole nitrogens is 1. The molecule has 4 N–H and O–H groups in total. The summed E-state index contributed by atoms with van der Waals surface area (Å²) in [5.74, 6) is -0.930. The minimum atomic E-state index is -1.04. The van der Waals surface area contributed by atoms with E-state index >= 15 is 0 Å². The van der Waals surface area contributed by atoms with Gasteiger partial charge in [0.25, 0.3) is 5.91 Å². The second-order valence-corrected chi connectivity index (χ2v) is 6.83. The van der Waals surface area contributed by atoms with Crippen LogP contribution in [0.2, 0.25) is 0 Å². The Hall–Kier alpha value is -2.53. The number of aromatic amines is 1. The number of carbonyl (C=O) groups is 2. The second-order valence-electron chi connectivity index (χ2n) is 5.58. The average Bonchev–Trinajstić information content (AvgIpc) is 3.11. The van der Waals surface area contributed by atoms with Gasteiger partial charge in [-0.1, -0.05) is 12.1 Å². The molecule has 134 valence electrons. The topological polar surface area (TPSA) is 120 Å². The Morgan fingerprint density at radius 2 is 1.96 bits per heavy atom. The maximum absolute atomic E-state index is 12.3. The number of aliphatic hydroxyl groups excluding tert-OH is 1. The lowest BCUT2D eigenvalue weighted by Gasteiger charge is -2.16. The number of nitrogens with one attached hydrogen (secondary N) is 3. The standard InChI is InChI=1S/C17H16IN5O3/c18-12-3-1-2-10(6-12)8-19-17(26)15(9-24)20-16(25)11-4-5-13-14(7-11)22-23-21-13/h1-7,15,24H,8-9H2,(H,19,26)(H,20,25)(H,21,22,23). The third kappa shape index (κ3) is 4.35. The molecule has 0 aliphatic rings. The zero-order chi connectivity index (χ0) is 18.5. The number of halogens is 1. The first-order valence-electron chi connectivity index (χ1n) is 7.81. The number of amides is 2. The van der Waals surface area contributed by atoms with Gasteiger partial charge in [0.15, 0.2) is 0 Å². The highest BCUT2D eigenvalue weighted by atomic mass is 127. The van der Waals surface area contributed by atoms with Crippen molar-refractivity contribution in [2.24, 2.45) is 0 Å². The lowest BCUT2D eigenvalue weighted by Crippen LogP contribution is -2.48. The molecule has 0 fully saturated rings. The molecule has 26 heavy (non-hydrogen) atoms. The van der Waals surface area contributed by atoms with Gasteiger partial charge in [0.05, 0.1) is 6.61 Å². The maximum atomic E-state index is 12.3. The van der Waals surface area contributed by atoms with Crippen LogP contribution in [0.3, 0.4) is 0 Å². The molecule has 1 aromatic heterocycles. The van der Waals surface area contributed by atoms with E-state index in [1.807, 2.05) is 24.3 Å². The summed E-state index contributed by atoms with van der Waals surface area (Å²) < 4.78 is 1.06. The SMILES string of the molecule is O=C(NC(CO)C(=O)NCc1cccc(I)c1)c1ccc2n[nH]nc2c1. The van der Waals surface area contributed by atoms with Crippen LogP contribution < -0.4 is 10.6 Å². The molecule has 0 bridgehead atoms. The molecule has 1 heterocycles. The molecule has 1 atom stereocenters. The van der Waals surface area contributed by atoms with Crippen LogP contribution >= 0.6 is 22.6 Å². The monoisotopic (exact) mass is 465 g/mol. The van der Waals surface area contributed by atoms with Crippen molar-refractivity contribution in [2.75, 3.05) is 6.61 Å². The van der Waals surface area contributed by atoms with Crippen LogP contribution in [0.1, 0.15) is 15.9 Å². The molecule has 2 amide bonds. The summed E-state index contributed by atoms with van der Waals surface area (Å²) in [5, 5.41) is 25.0. The maximum Gasteiger partial charge on any atom is 0.252 e. The van der Waals surface area contributed by atoms with Crippen LogP contribution in [0, 0.1) is 3.57 Å². The van der Waals surface area contributed by atoms with Crippen molar-refractivity contribution < 1.29 is 14.7 Å². The van der Waals surface area contributed by atoms with Crippen molar-refractivity contribution in [3.05, 3.63) is 57.2 Å². The molecular formula is C17H16IN5O3. The van der Waals surface area contributed by atoms with Crippen LogP contribution in [0.4, 0.5) is 0 Å². The number of hydrogen-bond acceptors (Lipinski definition) is 5. The van der Waals surface area contributed by atoms with Gasteiger partial charge in [0, 0.05) is 15.7 Å². The largest absolute Gasteiger partial charge is 0.394 e. The molecule has 0 saturated heterocycles. The van der Waals surface area contributed by atoms with Crippen molar-refractivity contribution in [1.29, 1.82) is 0 Å². The van der Waals surface area contributed by atoms with Gasteiger partial charge in [-0.25, -0.2) is 0 Å². The Morgan fingerprint density at radius 3 is 2.73 bits per heavy atom. The number of aromatic nitrogens is 3. The molecular weight excluding hydrogens is 449 g/mol. The van der Waals surface area contributed by atoms with E-state index in [1.165, 1.54) is 0 Å². The predicted molar refractivity (Wildman–Crippen MR) is 103 cm³/mol. The predicted octanol–water partition coefficient (Wildman–Crippen LogP) is 0.970. The van der Waals surface area contributed by atoms with Gasteiger partial charge in [0.2, 0.25) is 5.91 Å². The van der Waals surface area contributed by atoms with Gasteiger partial charge in [-0.15, -0.1) is 0 Å². The number of hydrogen-bond donors (Lipinski definition) is 4. The van der Waals surface area contributed by atoms with Crippen molar-refractivity contribution in [2.45, 2.75) is 12.6 Å². The van der Waals surface area contributed by atoms with Crippen LogP contribution in [0.25, 0.3) is 11.0 Å². The third-order valence-electron chi connectivity index (χ3n) is 3.74. The Bertz CT molecular complexity index is 943. The molecule has 3 rings (SSSR count). The van der Waals surface area contributed by atoms with E-state index < -0.39 is 24.5 Å². The number of benzene rings is 2. The van der Waals surface area contributed by atoms with Gasteiger partial charge < -0.3 is 15.7 Å². The Labute approximate surface area is 162 Å². The van der Waals surface area contributed by atoms with Gasteiger partial charge in [0.1, 0.15) is 17.1 Å². The second kappa shape index (κ2) is 8.23. The normalized spacial score (nSPS) is 11.9. The highest BCUT2D eigenvalue weighted by Gasteiger charge is 2.20. The van der Waals surface area contributed by atoms with E-state index in [9.17, 15) is 14.7 Å².